The minimum absolute atomic E-state index is 0.197. The normalized spacial score (nSPS) is 14.6. The highest BCUT2D eigenvalue weighted by molar-refractivity contribution is 6.01. The molecule has 1 unspecified atom stereocenters. The van der Waals surface area contributed by atoms with Crippen molar-refractivity contribution in [1.82, 2.24) is 10.6 Å². The van der Waals surface area contributed by atoms with Gasteiger partial charge in [-0.15, -0.1) is 0 Å². The zero-order valence-electron chi connectivity index (χ0n) is 13.5. The fourth-order valence-electron chi connectivity index (χ4n) is 2.64. The molecule has 1 aliphatic rings. The number of ether oxygens (including phenoxy) is 1. The molecule has 2 amide bonds. The summed E-state index contributed by atoms with van der Waals surface area (Å²) >= 11 is 0. The van der Waals surface area contributed by atoms with E-state index in [2.05, 4.69) is 17.6 Å². The predicted molar refractivity (Wildman–Crippen MR) is 91.5 cm³/mol. The third-order valence-corrected chi connectivity index (χ3v) is 4.07. The SMILES string of the molecule is CC(CNC(=O)c1ccc2c(c1)C(=O)NCCO2)c1ccccc1. The van der Waals surface area contributed by atoms with E-state index in [1.165, 1.54) is 5.56 Å². The van der Waals surface area contributed by atoms with E-state index in [0.717, 1.165) is 0 Å². The second kappa shape index (κ2) is 7.17. The molecular weight excluding hydrogens is 304 g/mol. The van der Waals surface area contributed by atoms with Crippen LogP contribution in [0.5, 0.6) is 5.75 Å². The number of fused-ring (bicyclic) bond motifs is 1. The number of carbonyl (C=O) groups is 2. The minimum atomic E-state index is -0.213. The van der Waals surface area contributed by atoms with Gasteiger partial charge in [-0.05, 0) is 29.7 Å². The van der Waals surface area contributed by atoms with Crippen molar-refractivity contribution >= 4 is 11.8 Å². The van der Waals surface area contributed by atoms with Gasteiger partial charge in [0.15, 0.2) is 0 Å². The average Bonchev–Trinajstić information content (AvgIpc) is 2.81. The number of nitrogens with one attached hydrogen (secondary N) is 2. The Labute approximate surface area is 141 Å². The van der Waals surface area contributed by atoms with Gasteiger partial charge in [-0.1, -0.05) is 37.3 Å². The third-order valence-electron chi connectivity index (χ3n) is 4.07. The molecule has 0 bridgehead atoms. The van der Waals surface area contributed by atoms with Crippen LogP contribution in [0.4, 0.5) is 0 Å². The van der Waals surface area contributed by atoms with Crippen LogP contribution in [0.15, 0.2) is 48.5 Å². The summed E-state index contributed by atoms with van der Waals surface area (Å²) in [6, 6.07) is 15.0. The van der Waals surface area contributed by atoms with Crippen molar-refractivity contribution in [3.8, 4) is 5.75 Å². The van der Waals surface area contributed by atoms with Gasteiger partial charge in [0, 0.05) is 12.1 Å². The van der Waals surface area contributed by atoms with Crippen LogP contribution in [0.25, 0.3) is 0 Å². The molecule has 3 rings (SSSR count). The Morgan fingerprint density at radius 2 is 2.04 bits per heavy atom. The maximum atomic E-state index is 12.4. The van der Waals surface area contributed by atoms with Crippen molar-refractivity contribution in [1.29, 1.82) is 0 Å². The van der Waals surface area contributed by atoms with Crippen LogP contribution in [0.1, 0.15) is 39.1 Å². The van der Waals surface area contributed by atoms with Gasteiger partial charge in [-0.25, -0.2) is 0 Å². The Morgan fingerprint density at radius 3 is 2.83 bits per heavy atom. The molecule has 2 aromatic rings. The number of carbonyl (C=O) groups excluding carboxylic acids is 2. The molecule has 1 aliphatic heterocycles. The molecule has 0 fully saturated rings. The molecule has 5 heteroatoms. The summed E-state index contributed by atoms with van der Waals surface area (Å²) in [6.45, 7) is 3.49. The van der Waals surface area contributed by atoms with Crippen LogP contribution in [-0.2, 0) is 0 Å². The molecule has 0 radical (unpaired) electrons. The highest BCUT2D eigenvalue weighted by atomic mass is 16.5. The molecule has 1 atom stereocenters. The number of rotatable bonds is 4. The molecule has 0 spiro atoms. The van der Waals surface area contributed by atoms with Crippen molar-refractivity contribution in [3.05, 3.63) is 65.2 Å². The summed E-state index contributed by atoms with van der Waals surface area (Å²) < 4.78 is 5.49. The average molecular weight is 324 g/mol. The minimum Gasteiger partial charge on any atom is -0.491 e. The van der Waals surface area contributed by atoms with E-state index < -0.39 is 0 Å². The second-order valence-corrected chi connectivity index (χ2v) is 5.84. The summed E-state index contributed by atoms with van der Waals surface area (Å²) in [7, 11) is 0. The van der Waals surface area contributed by atoms with E-state index in [1.807, 2.05) is 30.3 Å². The van der Waals surface area contributed by atoms with Crippen LogP contribution >= 0.6 is 0 Å². The predicted octanol–water partition coefficient (Wildman–Crippen LogP) is 2.34. The Balaban J connectivity index is 1.68. The lowest BCUT2D eigenvalue weighted by atomic mass is 10.0. The number of hydrogen-bond donors (Lipinski definition) is 2. The fraction of sp³-hybridized carbons (Fsp3) is 0.263. The maximum Gasteiger partial charge on any atom is 0.255 e. The molecule has 0 aromatic heterocycles. The van der Waals surface area contributed by atoms with Gasteiger partial charge in [-0.3, -0.25) is 9.59 Å². The van der Waals surface area contributed by atoms with E-state index >= 15 is 0 Å². The Kier molecular flexibility index (Phi) is 4.79. The zero-order valence-corrected chi connectivity index (χ0v) is 13.5. The molecule has 0 saturated heterocycles. The van der Waals surface area contributed by atoms with Crippen molar-refractivity contribution in [3.63, 3.8) is 0 Å². The fourth-order valence-corrected chi connectivity index (χ4v) is 2.64. The maximum absolute atomic E-state index is 12.4. The quantitative estimate of drug-likeness (QED) is 0.907. The highest BCUT2D eigenvalue weighted by Crippen LogP contribution is 2.22. The monoisotopic (exact) mass is 324 g/mol. The van der Waals surface area contributed by atoms with Gasteiger partial charge in [0.05, 0.1) is 12.1 Å². The molecule has 124 valence electrons. The highest BCUT2D eigenvalue weighted by Gasteiger charge is 2.19. The van der Waals surface area contributed by atoms with Gasteiger partial charge in [0.2, 0.25) is 0 Å². The van der Waals surface area contributed by atoms with Crippen molar-refractivity contribution in [2.75, 3.05) is 19.7 Å². The van der Waals surface area contributed by atoms with Gasteiger partial charge in [0.1, 0.15) is 12.4 Å². The summed E-state index contributed by atoms with van der Waals surface area (Å²) in [5.74, 6) is 0.314. The van der Waals surface area contributed by atoms with Crippen molar-refractivity contribution in [2.24, 2.45) is 0 Å². The van der Waals surface area contributed by atoms with E-state index in [4.69, 9.17) is 4.74 Å². The molecule has 1 heterocycles. The van der Waals surface area contributed by atoms with Crippen molar-refractivity contribution in [2.45, 2.75) is 12.8 Å². The summed E-state index contributed by atoms with van der Waals surface area (Å²) in [6.07, 6.45) is 0. The largest absolute Gasteiger partial charge is 0.491 e. The van der Waals surface area contributed by atoms with Crippen LogP contribution < -0.4 is 15.4 Å². The van der Waals surface area contributed by atoms with E-state index in [0.29, 0.717) is 36.6 Å². The van der Waals surface area contributed by atoms with Crippen LogP contribution in [0.2, 0.25) is 0 Å². The van der Waals surface area contributed by atoms with E-state index in [-0.39, 0.29) is 17.7 Å². The van der Waals surface area contributed by atoms with Crippen LogP contribution in [0.3, 0.4) is 0 Å². The molecular formula is C19H20N2O3. The van der Waals surface area contributed by atoms with Gasteiger partial charge in [0.25, 0.3) is 11.8 Å². The van der Waals surface area contributed by atoms with Crippen molar-refractivity contribution < 1.29 is 14.3 Å². The first-order valence-corrected chi connectivity index (χ1v) is 8.03. The first-order chi connectivity index (χ1) is 11.6. The van der Waals surface area contributed by atoms with E-state index in [1.54, 1.807) is 18.2 Å². The zero-order chi connectivity index (χ0) is 16.9. The Morgan fingerprint density at radius 1 is 1.25 bits per heavy atom. The lowest BCUT2D eigenvalue weighted by Crippen LogP contribution is -2.28. The number of benzene rings is 2. The third kappa shape index (κ3) is 3.56. The first-order valence-electron chi connectivity index (χ1n) is 8.03. The topological polar surface area (TPSA) is 67.4 Å². The standard InChI is InChI=1S/C19H20N2O3/c1-13(14-5-3-2-4-6-14)12-21-18(22)15-7-8-17-16(11-15)19(23)20-9-10-24-17/h2-8,11,13H,9-10,12H2,1H3,(H,20,23)(H,21,22). The molecule has 5 nitrogen and oxygen atoms in total. The molecule has 0 saturated carbocycles. The van der Waals surface area contributed by atoms with Crippen LogP contribution in [0, 0.1) is 0 Å². The lowest BCUT2D eigenvalue weighted by Gasteiger charge is -2.14. The molecule has 2 aromatic carbocycles. The van der Waals surface area contributed by atoms with E-state index in [9.17, 15) is 9.59 Å². The Bertz CT molecular complexity index is 744. The second-order valence-electron chi connectivity index (χ2n) is 5.84. The summed E-state index contributed by atoms with van der Waals surface area (Å²) in [4.78, 5) is 24.4. The molecule has 24 heavy (non-hydrogen) atoms. The smallest absolute Gasteiger partial charge is 0.255 e. The van der Waals surface area contributed by atoms with Crippen LogP contribution in [-0.4, -0.2) is 31.5 Å². The lowest BCUT2D eigenvalue weighted by molar-refractivity contribution is 0.0951. The van der Waals surface area contributed by atoms with Gasteiger partial charge < -0.3 is 15.4 Å². The number of hydrogen-bond acceptors (Lipinski definition) is 3. The number of amides is 2. The van der Waals surface area contributed by atoms with Gasteiger partial charge >= 0.3 is 0 Å². The van der Waals surface area contributed by atoms with Gasteiger partial charge in [-0.2, -0.15) is 0 Å². The Hall–Kier alpha value is -2.82. The first kappa shape index (κ1) is 16.1. The molecule has 0 aliphatic carbocycles. The summed E-state index contributed by atoms with van der Waals surface area (Å²) in [5.41, 5.74) is 2.03. The molecule has 2 N–H and O–H groups in total. The summed E-state index contributed by atoms with van der Waals surface area (Å²) in [5, 5.41) is 5.67.